The van der Waals surface area contributed by atoms with Crippen molar-refractivity contribution in [2.45, 2.75) is 53.0 Å². The molecule has 0 radical (unpaired) electrons. The molecule has 1 aromatic rings. The summed E-state index contributed by atoms with van der Waals surface area (Å²) >= 11 is 0. The van der Waals surface area contributed by atoms with Gasteiger partial charge in [-0.1, -0.05) is 20.3 Å². The van der Waals surface area contributed by atoms with Gasteiger partial charge >= 0.3 is 0 Å². The normalized spacial score (nSPS) is 25.0. The van der Waals surface area contributed by atoms with Crippen LogP contribution in [0.25, 0.3) is 0 Å². The van der Waals surface area contributed by atoms with Gasteiger partial charge in [-0.15, -0.1) is 0 Å². The van der Waals surface area contributed by atoms with E-state index in [1.54, 1.807) is 0 Å². The molecule has 0 saturated heterocycles. The van der Waals surface area contributed by atoms with Crippen molar-refractivity contribution in [2.24, 2.45) is 11.8 Å². The monoisotopic (exact) mass is 292 g/mol. The van der Waals surface area contributed by atoms with Crippen molar-refractivity contribution in [1.29, 1.82) is 0 Å². The number of rotatable bonds is 6. The Balaban J connectivity index is 2.13. The summed E-state index contributed by atoms with van der Waals surface area (Å²) in [5.74, 6) is 2.99. The number of nitrogens with one attached hydrogen (secondary N) is 1. The Kier molecular flexibility index (Phi) is 5.20. The minimum absolute atomic E-state index is 0.284. The largest absolute Gasteiger partial charge is 0.368 e. The summed E-state index contributed by atoms with van der Waals surface area (Å²) in [4.78, 5) is 15.1. The molecule has 3 N–H and O–H groups in total. The zero-order valence-electron chi connectivity index (χ0n) is 13.6. The van der Waals surface area contributed by atoms with Gasteiger partial charge in [0.25, 0.3) is 0 Å². The third kappa shape index (κ3) is 3.54. The molecular formula is C15H28N6. The highest BCUT2D eigenvalue weighted by Gasteiger charge is 2.32. The Labute approximate surface area is 127 Å². The van der Waals surface area contributed by atoms with E-state index < -0.39 is 0 Å². The minimum atomic E-state index is 0.284. The molecule has 2 rings (SSSR count). The van der Waals surface area contributed by atoms with Gasteiger partial charge in [0.15, 0.2) is 0 Å². The molecule has 3 unspecified atom stereocenters. The number of anilines is 3. The second kappa shape index (κ2) is 6.91. The molecule has 3 atom stereocenters. The average molecular weight is 292 g/mol. The first-order valence-corrected chi connectivity index (χ1v) is 8.12. The van der Waals surface area contributed by atoms with Crippen molar-refractivity contribution in [3.05, 3.63) is 0 Å². The van der Waals surface area contributed by atoms with Crippen molar-refractivity contribution in [1.82, 2.24) is 15.0 Å². The number of nitrogens with zero attached hydrogens (tertiary/aromatic N) is 4. The molecule has 118 valence electrons. The van der Waals surface area contributed by atoms with Crippen molar-refractivity contribution in [3.8, 4) is 0 Å². The minimum Gasteiger partial charge on any atom is -0.368 e. The molecule has 0 aromatic carbocycles. The topological polar surface area (TPSA) is 80.0 Å². The lowest BCUT2D eigenvalue weighted by atomic mass is 9.94. The van der Waals surface area contributed by atoms with Crippen molar-refractivity contribution in [3.63, 3.8) is 0 Å². The van der Waals surface area contributed by atoms with E-state index in [2.05, 4.69) is 52.9 Å². The summed E-state index contributed by atoms with van der Waals surface area (Å²) in [5, 5.41) is 3.47. The van der Waals surface area contributed by atoms with Gasteiger partial charge in [0.1, 0.15) is 0 Å². The molecule has 6 nitrogen and oxygen atoms in total. The fraction of sp³-hybridized carbons (Fsp3) is 0.800. The molecule has 0 bridgehead atoms. The smallest absolute Gasteiger partial charge is 0.231 e. The number of nitrogen functional groups attached to an aromatic ring is 1. The summed E-state index contributed by atoms with van der Waals surface area (Å²) in [7, 11) is 0. The second-order valence-electron chi connectivity index (χ2n) is 5.85. The van der Waals surface area contributed by atoms with Gasteiger partial charge in [0, 0.05) is 19.1 Å². The third-order valence-electron chi connectivity index (χ3n) is 4.75. The van der Waals surface area contributed by atoms with E-state index in [1.165, 1.54) is 19.3 Å². The maximum Gasteiger partial charge on any atom is 0.231 e. The van der Waals surface area contributed by atoms with Crippen LogP contribution in [0.3, 0.4) is 0 Å². The Hall–Kier alpha value is -1.59. The first-order valence-electron chi connectivity index (χ1n) is 8.12. The molecule has 1 aliphatic carbocycles. The van der Waals surface area contributed by atoms with Crippen LogP contribution in [0.5, 0.6) is 0 Å². The molecule has 6 heteroatoms. The van der Waals surface area contributed by atoms with Crippen LogP contribution in [-0.4, -0.2) is 34.1 Å². The van der Waals surface area contributed by atoms with Crippen LogP contribution in [0.4, 0.5) is 17.8 Å². The van der Waals surface area contributed by atoms with E-state index in [1.807, 2.05) is 0 Å². The molecule has 0 spiro atoms. The van der Waals surface area contributed by atoms with E-state index >= 15 is 0 Å². The highest BCUT2D eigenvalue weighted by molar-refractivity contribution is 5.42. The van der Waals surface area contributed by atoms with Gasteiger partial charge in [0.05, 0.1) is 0 Å². The first kappa shape index (κ1) is 15.8. The SMILES string of the molecule is CCC1CCC(Nc2nc(N)nc(N(CC)CC)n2)C1C. The summed E-state index contributed by atoms with van der Waals surface area (Å²) in [6.45, 7) is 10.5. The average Bonchev–Trinajstić information content (AvgIpc) is 2.80. The van der Waals surface area contributed by atoms with Crippen LogP contribution in [0, 0.1) is 11.8 Å². The fourth-order valence-corrected chi connectivity index (χ4v) is 3.29. The van der Waals surface area contributed by atoms with Gasteiger partial charge in [-0.25, -0.2) is 0 Å². The predicted octanol–water partition coefficient (Wildman–Crippen LogP) is 2.54. The third-order valence-corrected chi connectivity index (χ3v) is 4.75. The molecule has 1 aliphatic rings. The fourth-order valence-electron chi connectivity index (χ4n) is 3.29. The van der Waals surface area contributed by atoms with E-state index in [4.69, 9.17) is 5.73 Å². The summed E-state index contributed by atoms with van der Waals surface area (Å²) in [5.41, 5.74) is 5.84. The van der Waals surface area contributed by atoms with Crippen LogP contribution in [0.2, 0.25) is 0 Å². The lowest BCUT2D eigenvalue weighted by molar-refractivity contribution is 0.391. The standard InChI is InChI=1S/C15H28N6/c1-5-11-8-9-12(10(11)4)17-14-18-13(16)19-15(20-14)21(6-2)7-3/h10-12H,5-9H2,1-4H3,(H3,16,17,18,19,20). The highest BCUT2D eigenvalue weighted by atomic mass is 15.3. The van der Waals surface area contributed by atoms with E-state index in [-0.39, 0.29) is 5.95 Å². The van der Waals surface area contributed by atoms with E-state index in [9.17, 15) is 0 Å². The Morgan fingerprint density at radius 1 is 1.14 bits per heavy atom. The molecule has 0 aliphatic heterocycles. The van der Waals surface area contributed by atoms with Gasteiger partial charge in [0.2, 0.25) is 17.8 Å². The van der Waals surface area contributed by atoms with Crippen LogP contribution in [0.1, 0.15) is 47.0 Å². The lowest BCUT2D eigenvalue weighted by Crippen LogP contribution is -2.28. The molecular weight excluding hydrogens is 264 g/mol. The molecule has 1 saturated carbocycles. The summed E-state index contributed by atoms with van der Waals surface area (Å²) in [6.07, 6.45) is 3.69. The maximum atomic E-state index is 5.84. The quantitative estimate of drug-likeness (QED) is 0.838. The van der Waals surface area contributed by atoms with Crippen LogP contribution in [-0.2, 0) is 0 Å². The van der Waals surface area contributed by atoms with Crippen molar-refractivity contribution in [2.75, 3.05) is 29.0 Å². The molecule has 21 heavy (non-hydrogen) atoms. The summed E-state index contributed by atoms with van der Waals surface area (Å²) in [6, 6.07) is 0.432. The predicted molar refractivity (Wildman–Crippen MR) is 87.4 cm³/mol. The van der Waals surface area contributed by atoms with Crippen LogP contribution < -0.4 is 16.0 Å². The number of aromatic nitrogens is 3. The van der Waals surface area contributed by atoms with E-state index in [0.29, 0.717) is 23.9 Å². The van der Waals surface area contributed by atoms with Gasteiger partial charge in [-0.05, 0) is 38.5 Å². The number of nitrogens with two attached hydrogens (primary N) is 1. The molecule has 1 aromatic heterocycles. The van der Waals surface area contributed by atoms with Crippen molar-refractivity contribution < 1.29 is 0 Å². The zero-order valence-corrected chi connectivity index (χ0v) is 13.6. The Morgan fingerprint density at radius 3 is 2.43 bits per heavy atom. The molecule has 1 heterocycles. The van der Waals surface area contributed by atoms with Gasteiger partial charge in [-0.2, -0.15) is 15.0 Å². The van der Waals surface area contributed by atoms with E-state index in [0.717, 1.165) is 19.0 Å². The molecule has 1 fully saturated rings. The number of hydrogen-bond acceptors (Lipinski definition) is 6. The van der Waals surface area contributed by atoms with Crippen LogP contribution in [0.15, 0.2) is 0 Å². The van der Waals surface area contributed by atoms with Gasteiger partial charge in [-0.3, -0.25) is 0 Å². The Bertz CT molecular complexity index is 459. The first-order chi connectivity index (χ1) is 10.1. The molecule has 0 amide bonds. The maximum absolute atomic E-state index is 5.84. The highest BCUT2D eigenvalue weighted by Crippen LogP contribution is 2.35. The zero-order chi connectivity index (χ0) is 15.4. The summed E-state index contributed by atoms with van der Waals surface area (Å²) < 4.78 is 0. The van der Waals surface area contributed by atoms with Crippen LogP contribution >= 0.6 is 0 Å². The second-order valence-corrected chi connectivity index (χ2v) is 5.85. The van der Waals surface area contributed by atoms with Crippen molar-refractivity contribution >= 4 is 17.8 Å². The van der Waals surface area contributed by atoms with Gasteiger partial charge < -0.3 is 16.0 Å². The Morgan fingerprint density at radius 2 is 1.86 bits per heavy atom. The number of hydrogen-bond donors (Lipinski definition) is 2. The lowest BCUT2D eigenvalue weighted by Gasteiger charge is -2.22.